The average molecular weight is 340 g/mol. The molecule has 0 aliphatic rings. The molecule has 0 spiro atoms. The molecule has 0 bridgehead atoms. The molecule has 5 nitrogen and oxygen atoms in total. The molecule has 2 heterocycles. The van der Waals surface area contributed by atoms with Crippen LogP contribution in [0.2, 0.25) is 0 Å². The molecule has 0 radical (unpaired) electrons. The van der Waals surface area contributed by atoms with Crippen molar-refractivity contribution in [2.75, 3.05) is 5.32 Å². The van der Waals surface area contributed by atoms with E-state index in [9.17, 15) is 9.18 Å². The average Bonchev–Trinajstić information content (AvgIpc) is 2.95. The van der Waals surface area contributed by atoms with Gasteiger partial charge in [-0.2, -0.15) is 0 Å². The van der Waals surface area contributed by atoms with Crippen LogP contribution in [-0.2, 0) is 7.05 Å². The number of nitrogens with zero attached hydrogens (tertiary/aromatic N) is 2. The van der Waals surface area contributed by atoms with Gasteiger partial charge in [0.25, 0.3) is 5.56 Å². The standard InChI is InChI=1S/C17H15FN4O.C2H6/c1-10(18)11(2)21-16-6-7-19-15-5-4-12(8-13(15)16)14-9-20-22(3)17(14)23;1-2/h4-9,20H,1-2H2,3H3,(H,19,21);1-2H3. The van der Waals surface area contributed by atoms with Crippen molar-refractivity contribution in [3.8, 4) is 11.1 Å². The second-order valence-corrected chi connectivity index (χ2v) is 5.15. The lowest BCUT2D eigenvalue weighted by Gasteiger charge is -2.11. The Morgan fingerprint density at radius 2 is 2.00 bits per heavy atom. The van der Waals surface area contributed by atoms with Crippen LogP contribution >= 0.6 is 0 Å². The van der Waals surface area contributed by atoms with E-state index in [-0.39, 0.29) is 11.3 Å². The molecule has 25 heavy (non-hydrogen) atoms. The molecule has 3 rings (SSSR count). The highest BCUT2D eigenvalue weighted by atomic mass is 19.1. The zero-order chi connectivity index (χ0) is 18.6. The minimum absolute atomic E-state index is 0.0838. The van der Waals surface area contributed by atoms with Crippen molar-refractivity contribution in [1.29, 1.82) is 0 Å². The van der Waals surface area contributed by atoms with Crippen LogP contribution in [0.3, 0.4) is 0 Å². The summed E-state index contributed by atoms with van der Waals surface area (Å²) in [6.07, 6.45) is 3.27. The maximum absolute atomic E-state index is 13.2. The van der Waals surface area contributed by atoms with Crippen LogP contribution in [0.1, 0.15) is 13.8 Å². The molecular weight excluding hydrogens is 319 g/mol. The number of aromatic nitrogens is 3. The number of aromatic amines is 1. The van der Waals surface area contributed by atoms with Crippen molar-refractivity contribution >= 4 is 16.6 Å². The van der Waals surface area contributed by atoms with Crippen molar-refractivity contribution in [1.82, 2.24) is 14.8 Å². The number of hydrogen-bond acceptors (Lipinski definition) is 3. The van der Waals surface area contributed by atoms with Gasteiger partial charge in [0.05, 0.1) is 16.8 Å². The Hall–Kier alpha value is -3.15. The smallest absolute Gasteiger partial charge is 0.274 e. The van der Waals surface area contributed by atoms with Gasteiger partial charge in [-0.1, -0.05) is 33.1 Å². The number of anilines is 1. The number of allylic oxidation sites excluding steroid dienone is 1. The fraction of sp³-hybridized carbons (Fsp3) is 0.158. The van der Waals surface area contributed by atoms with Crippen molar-refractivity contribution < 1.29 is 4.39 Å². The number of H-pyrrole nitrogens is 1. The number of benzene rings is 1. The molecule has 0 fully saturated rings. The Morgan fingerprint density at radius 3 is 2.60 bits per heavy atom. The van der Waals surface area contributed by atoms with Gasteiger partial charge in [-0.3, -0.25) is 14.5 Å². The van der Waals surface area contributed by atoms with Gasteiger partial charge in [-0.15, -0.1) is 0 Å². The van der Waals surface area contributed by atoms with Crippen LogP contribution in [-0.4, -0.2) is 14.8 Å². The van der Waals surface area contributed by atoms with Gasteiger partial charge in [0.1, 0.15) is 5.83 Å². The summed E-state index contributed by atoms with van der Waals surface area (Å²) >= 11 is 0. The normalized spacial score (nSPS) is 10.1. The van der Waals surface area contributed by atoms with E-state index in [0.29, 0.717) is 11.3 Å². The number of pyridine rings is 1. The molecule has 0 amide bonds. The number of rotatable bonds is 4. The zero-order valence-electron chi connectivity index (χ0n) is 14.6. The monoisotopic (exact) mass is 340 g/mol. The maximum atomic E-state index is 13.2. The number of halogens is 1. The third-order valence-electron chi connectivity index (χ3n) is 3.60. The minimum atomic E-state index is -0.634. The summed E-state index contributed by atoms with van der Waals surface area (Å²) in [5.74, 6) is -0.634. The first-order chi connectivity index (χ1) is 12.0. The van der Waals surface area contributed by atoms with Crippen molar-refractivity contribution in [3.05, 3.63) is 71.7 Å². The first-order valence-electron chi connectivity index (χ1n) is 7.91. The van der Waals surface area contributed by atoms with Gasteiger partial charge >= 0.3 is 0 Å². The Kier molecular flexibility index (Phi) is 5.54. The van der Waals surface area contributed by atoms with Crippen LogP contribution in [0.25, 0.3) is 22.0 Å². The number of hydrogen-bond donors (Lipinski definition) is 2. The lowest BCUT2D eigenvalue weighted by molar-refractivity contribution is 0.658. The Morgan fingerprint density at radius 1 is 1.28 bits per heavy atom. The molecule has 0 atom stereocenters. The second-order valence-electron chi connectivity index (χ2n) is 5.15. The van der Waals surface area contributed by atoms with Gasteiger partial charge in [0, 0.05) is 30.5 Å². The van der Waals surface area contributed by atoms with Crippen LogP contribution in [0.4, 0.5) is 10.1 Å². The van der Waals surface area contributed by atoms with Crippen LogP contribution < -0.4 is 10.9 Å². The van der Waals surface area contributed by atoms with Crippen molar-refractivity contribution in [2.45, 2.75) is 13.8 Å². The van der Waals surface area contributed by atoms with Gasteiger partial charge in [-0.25, -0.2) is 4.39 Å². The highest BCUT2D eigenvalue weighted by molar-refractivity contribution is 5.94. The Balaban J connectivity index is 0.00000109. The summed E-state index contributed by atoms with van der Waals surface area (Å²) in [6, 6.07) is 7.20. The highest BCUT2D eigenvalue weighted by Gasteiger charge is 2.10. The molecular formula is C19H21FN4O. The fourth-order valence-electron chi connectivity index (χ4n) is 2.32. The highest BCUT2D eigenvalue weighted by Crippen LogP contribution is 2.28. The Bertz CT molecular complexity index is 984. The first kappa shape index (κ1) is 18.2. The summed E-state index contributed by atoms with van der Waals surface area (Å²) in [7, 11) is 1.65. The van der Waals surface area contributed by atoms with Gasteiger partial charge in [0.15, 0.2) is 0 Å². The molecule has 0 aliphatic heterocycles. The molecule has 2 aromatic heterocycles. The maximum Gasteiger partial charge on any atom is 0.274 e. The van der Waals surface area contributed by atoms with E-state index in [4.69, 9.17) is 0 Å². The lowest BCUT2D eigenvalue weighted by Crippen LogP contribution is -2.13. The SMILES string of the molecule is C=C(F)C(=C)Nc1ccnc2ccc(-c3c[nH]n(C)c3=O)cc12.CC. The molecule has 3 aromatic rings. The number of fused-ring (bicyclic) bond motifs is 1. The van der Waals surface area contributed by atoms with E-state index in [1.807, 2.05) is 32.0 Å². The number of nitrogens with one attached hydrogen (secondary N) is 2. The molecule has 0 unspecified atom stereocenters. The third kappa shape index (κ3) is 3.68. The van der Waals surface area contributed by atoms with Crippen molar-refractivity contribution in [3.63, 3.8) is 0 Å². The van der Waals surface area contributed by atoms with Gasteiger partial charge < -0.3 is 10.4 Å². The number of aryl methyl sites for hydroxylation is 1. The molecule has 0 aliphatic carbocycles. The molecule has 1 aromatic carbocycles. The lowest BCUT2D eigenvalue weighted by atomic mass is 10.1. The summed E-state index contributed by atoms with van der Waals surface area (Å²) in [5.41, 5.74) is 2.64. The largest absolute Gasteiger partial charge is 0.353 e. The van der Waals surface area contributed by atoms with Crippen LogP contribution in [0, 0.1) is 0 Å². The zero-order valence-corrected chi connectivity index (χ0v) is 14.6. The van der Waals surface area contributed by atoms with E-state index in [1.54, 1.807) is 25.5 Å². The van der Waals surface area contributed by atoms with Crippen molar-refractivity contribution in [2.24, 2.45) is 7.05 Å². The second kappa shape index (κ2) is 7.61. The van der Waals surface area contributed by atoms with E-state index in [0.717, 1.165) is 16.5 Å². The Labute approximate surface area is 145 Å². The topological polar surface area (TPSA) is 62.7 Å². The molecule has 0 saturated carbocycles. The van der Waals surface area contributed by atoms with Crippen LogP contribution in [0.15, 0.2) is 66.1 Å². The first-order valence-corrected chi connectivity index (χ1v) is 7.91. The summed E-state index contributed by atoms with van der Waals surface area (Å²) in [4.78, 5) is 16.4. The summed E-state index contributed by atoms with van der Waals surface area (Å²) in [5, 5.41) is 6.49. The van der Waals surface area contributed by atoms with Gasteiger partial charge in [-0.05, 0) is 23.8 Å². The van der Waals surface area contributed by atoms with E-state index >= 15 is 0 Å². The summed E-state index contributed by atoms with van der Waals surface area (Å²) < 4.78 is 14.6. The minimum Gasteiger partial charge on any atom is -0.353 e. The van der Waals surface area contributed by atoms with Gasteiger partial charge in [0.2, 0.25) is 0 Å². The fourth-order valence-corrected chi connectivity index (χ4v) is 2.32. The van der Waals surface area contributed by atoms with Crippen LogP contribution in [0.5, 0.6) is 0 Å². The third-order valence-corrected chi connectivity index (χ3v) is 3.60. The van der Waals surface area contributed by atoms with E-state index in [1.165, 1.54) is 4.68 Å². The molecule has 130 valence electrons. The predicted molar refractivity (Wildman–Crippen MR) is 101 cm³/mol. The molecule has 2 N–H and O–H groups in total. The summed E-state index contributed by atoms with van der Waals surface area (Å²) in [6.45, 7) is 10.8. The molecule has 6 heteroatoms. The molecule has 0 saturated heterocycles. The van der Waals surface area contributed by atoms with E-state index < -0.39 is 5.83 Å². The van der Waals surface area contributed by atoms with E-state index in [2.05, 4.69) is 28.6 Å². The predicted octanol–water partition coefficient (Wildman–Crippen LogP) is 4.36. The quantitative estimate of drug-likeness (QED) is 0.694.